The van der Waals surface area contributed by atoms with Crippen molar-refractivity contribution in [3.05, 3.63) is 11.7 Å². The van der Waals surface area contributed by atoms with Crippen LogP contribution in [0.5, 0.6) is 0 Å². The highest BCUT2D eigenvalue weighted by molar-refractivity contribution is 8.02. The molecule has 0 amide bonds. The van der Waals surface area contributed by atoms with Gasteiger partial charge < -0.3 is 15.7 Å². The summed E-state index contributed by atoms with van der Waals surface area (Å²) in [6.45, 7) is 3.25. The van der Waals surface area contributed by atoms with Crippen LogP contribution in [0.15, 0.2) is 11.7 Å². The molecule has 0 rings (SSSR count). The number of aliphatic carboxylic acids is 1. The highest BCUT2D eigenvalue weighted by atomic mass is 32.2. The van der Waals surface area contributed by atoms with Crippen molar-refractivity contribution in [3.63, 3.8) is 0 Å². The van der Waals surface area contributed by atoms with Gasteiger partial charge in [0, 0.05) is 5.75 Å². The largest absolute Gasteiger partial charge is 0.480 e. The monoisotopic (exact) mass is 179 g/mol. The molecule has 0 aliphatic carbocycles. The van der Waals surface area contributed by atoms with Crippen LogP contribution in [0.1, 0.15) is 0 Å². The van der Waals surface area contributed by atoms with E-state index in [0.29, 0.717) is 0 Å². The Kier molecular flexibility index (Phi) is 4.67. The Hall–Kier alpha value is -0.720. The van der Waals surface area contributed by atoms with E-state index >= 15 is 0 Å². The summed E-state index contributed by atoms with van der Waals surface area (Å²) in [6.07, 6.45) is 0. The standard InChI is InChI=1S/C5H9NO4S/c1-3(10-9)11-2-4(6)5(7)8/h4,9H,1-2,6H2,(H,7,8). The summed E-state index contributed by atoms with van der Waals surface area (Å²) >= 11 is 0.940. The van der Waals surface area contributed by atoms with Crippen LogP contribution in [0.2, 0.25) is 0 Å². The fourth-order valence-corrected chi connectivity index (χ4v) is 0.841. The van der Waals surface area contributed by atoms with Crippen molar-refractivity contribution in [2.24, 2.45) is 5.73 Å². The quantitative estimate of drug-likeness (QED) is 0.315. The Balaban J connectivity index is 3.54. The number of rotatable bonds is 5. The van der Waals surface area contributed by atoms with Crippen LogP contribution in [0, 0.1) is 0 Å². The highest BCUT2D eigenvalue weighted by Gasteiger charge is 2.11. The van der Waals surface area contributed by atoms with Crippen molar-refractivity contribution in [2.45, 2.75) is 6.04 Å². The van der Waals surface area contributed by atoms with E-state index in [1.54, 1.807) is 0 Å². The third-order valence-corrected chi connectivity index (χ3v) is 1.77. The summed E-state index contributed by atoms with van der Waals surface area (Å²) in [5, 5.41) is 16.3. The number of nitrogens with two attached hydrogens (primary N) is 1. The number of hydrogen-bond acceptors (Lipinski definition) is 5. The lowest BCUT2D eigenvalue weighted by Crippen LogP contribution is -2.32. The third-order valence-electron chi connectivity index (χ3n) is 0.843. The molecule has 0 heterocycles. The zero-order valence-electron chi connectivity index (χ0n) is 5.69. The second-order valence-electron chi connectivity index (χ2n) is 1.72. The van der Waals surface area contributed by atoms with Gasteiger partial charge in [0.25, 0.3) is 0 Å². The maximum absolute atomic E-state index is 10.1. The topological polar surface area (TPSA) is 92.8 Å². The second-order valence-corrected chi connectivity index (χ2v) is 2.80. The maximum Gasteiger partial charge on any atom is 0.321 e. The summed E-state index contributed by atoms with van der Waals surface area (Å²) in [5.41, 5.74) is 5.12. The van der Waals surface area contributed by atoms with Gasteiger partial charge >= 0.3 is 5.97 Å². The molecule has 0 fully saturated rings. The van der Waals surface area contributed by atoms with Crippen molar-refractivity contribution in [3.8, 4) is 0 Å². The summed E-state index contributed by atoms with van der Waals surface area (Å²) in [4.78, 5) is 13.8. The lowest BCUT2D eigenvalue weighted by Gasteiger charge is -2.04. The minimum Gasteiger partial charge on any atom is -0.480 e. The van der Waals surface area contributed by atoms with Gasteiger partial charge in [0.2, 0.25) is 0 Å². The Morgan fingerprint density at radius 1 is 1.82 bits per heavy atom. The average molecular weight is 179 g/mol. The molecule has 0 aliphatic heterocycles. The molecule has 0 saturated heterocycles. The normalized spacial score (nSPS) is 12.2. The Bertz CT molecular complexity index is 161. The van der Waals surface area contributed by atoms with Gasteiger partial charge in [0.05, 0.1) is 0 Å². The smallest absolute Gasteiger partial charge is 0.321 e. The predicted molar refractivity (Wildman–Crippen MR) is 40.9 cm³/mol. The highest BCUT2D eigenvalue weighted by Crippen LogP contribution is 2.13. The zero-order valence-corrected chi connectivity index (χ0v) is 6.50. The number of thioether (sulfide) groups is 1. The molecule has 6 heteroatoms. The molecule has 0 radical (unpaired) electrons. The molecule has 0 aromatic heterocycles. The van der Waals surface area contributed by atoms with E-state index in [4.69, 9.17) is 16.1 Å². The fraction of sp³-hybridized carbons (Fsp3) is 0.400. The molecule has 64 valence electrons. The number of carbonyl (C=O) groups is 1. The van der Waals surface area contributed by atoms with Crippen LogP contribution in [-0.2, 0) is 9.68 Å². The van der Waals surface area contributed by atoms with E-state index in [2.05, 4.69) is 11.5 Å². The molecule has 0 aliphatic rings. The van der Waals surface area contributed by atoms with Crippen molar-refractivity contribution in [1.82, 2.24) is 0 Å². The summed E-state index contributed by atoms with van der Waals surface area (Å²) < 4.78 is 0. The van der Waals surface area contributed by atoms with Gasteiger partial charge in [-0.3, -0.25) is 4.79 Å². The molecule has 1 unspecified atom stereocenters. The van der Waals surface area contributed by atoms with Gasteiger partial charge in [0.15, 0.2) is 5.09 Å². The second kappa shape index (κ2) is 5.00. The van der Waals surface area contributed by atoms with Crippen LogP contribution < -0.4 is 5.73 Å². The van der Waals surface area contributed by atoms with E-state index in [1.807, 2.05) is 0 Å². The molecule has 11 heavy (non-hydrogen) atoms. The van der Waals surface area contributed by atoms with Crippen LogP contribution in [-0.4, -0.2) is 28.1 Å². The van der Waals surface area contributed by atoms with Gasteiger partial charge in [-0.25, -0.2) is 5.26 Å². The lowest BCUT2D eigenvalue weighted by atomic mass is 10.4. The first kappa shape index (κ1) is 10.3. The Morgan fingerprint density at radius 3 is 2.73 bits per heavy atom. The van der Waals surface area contributed by atoms with Crippen molar-refractivity contribution in [2.75, 3.05) is 5.75 Å². The number of carboxylic acids is 1. The first-order valence-electron chi connectivity index (χ1n) is 2.69. The first-order chi connectivity index (χ1) is 5.07. The third kappa shape index (κ3) is 4.65. The molecule has 0 spiro atoms. The molecule has 0 saturated carbocycles. The fourth-order valence-electron chi connectivity index (χ4n) is 0.280. The van der Waals surface area contributed by atoms with E-state index in [0.717, 1.165) is 11.8 Å². The van der Waals surface area contributed by atoms with Crippen LogP contribution >= 0.6 is 11.8 Å². The van der Waals surface area contributed by atoms with E-state index in [-0.39, 0.29) is 10.8 Å². The van der Waals surface area contributed by atoms with E-state index in [9.17, 15) is 4.79 Å². The molecular weight excluding hydrogens is 170 g/mol. The lowest BCUT2D eigenvalue weighted by molar-refractivity contribution is -0.191. The summed E-state index contributed by atoms with van der Waals surface area (Å²) in [5.74, 6) is -0.974. The predicted octanol–water partition coefficient (Wildman–Crippen LogP) is 0.0923. The van der Waals surface area contributed by atoms with Gasteiger partial charge in [0.1, 0.15) is 6.04 Å². The van der Waals surface area contributed by atoms with Crippen LogP contribution in [0.3, 0.4) is 0 Å². The summed E-state index contributed by atoms with van der Waals surface area (Å²) in [7, 11) is 0. The number of hydrogen-bond donors (Lipinski definition) is 3. The molecule has 4 N–H and O–H groups in total. The average Bonchev–Trinajstić information content (AvgIpc) is 1.99. The van der Waals surface area contributed by atoms with Gasteiger partial charge in [-0.05, 0) is 6.58 Å². The molecule has 0 aromatic rings. The minimum absolute atomic E-state index is 0.0294. The number of carboxylic acid groups (broad SMARTS) is 1. The first-order valence-corrected chi connectivity index (χ1v) is 3.68. The Labute approximate surface area is 67.8 Å². The van der Waals surface area contributed by atoms with Crippen LogP contribution in [0.4, 0.5) is 0 Å². The van der Waals surface area contributed by atoms with E-state index < -0.39 is 12.0 Å². The maximum atomic E-state index is 10.1. The van der Waals surface area contributed by atoms with Crippen molar-refractivity contribution >= 4 is 17.7 Å². The SMILES string of the molecule is C=C(OO)SCC(N)C(=O)O. The molecule has 1 atom stereocenters. The van der Waals surface area contributed by atoms with Gasteiger partial charge in [-0.1, -0.05) is 11.8 Å². The van der Waals surface area contributed by atoms with Crippen molar-refractivity contribution < 1.29 is 20.0 Å². The van der Waals surface area contributed by atoms with E-state index in [1.165, 1.54) is 0 Å². The zero-order chi connectivity index (χ0) is 8.85. The van der Waals surface area contributed by atoms with Crippen LogP contribution in [0.25, 0.3) is 0 Å². The Morgan fingerprint density at radius 2 is 2.36 bits per heavy atom. The summed E-state index contributed by atoms with van der Waals surface area (Å²) in [6, 6.07) is -0.966. The van der Waals surface area contributed by atoms with Crippen molar-refractivity contribution in [1.29, 1.82) is 0 Å². The molecule has 0 bridgehead atoms. The molecule has 5 nitrogen and oxygen atoms in total. The van der Waals surface area contributed by atoms with Gasteiger partial charge in [-0.2, -0.15) is 0 Å². The molecule has 0 aromatic carbocycles. The minimum atomic E-state index is -1.09. The molecular formula is C5H9NO4S. The van der Waals surface area contributed by atoms with Gasteiger partial charge in [-0.15, -0.1) is 0 Å².